The van der Waals surface area contributed by atoms with Gasteiger partial charge in [0.25, 0.3) is 0 Å². The van der Waals surface area contributed by atoms with E-state index in [-0.39, 0.29) is 18.4 Å². The highest BCUT2D eigenvalue weighted by Crippen LogP contribution is 1.87. The third-order valence-electron chi connectivity index (χ3n) is 1.37. The molecule has 0 aliphatic heterocycles. The fraction of sp³-hybridized carbons (Fsp3) is 0.750. The van der Waals surface area contributed by atoms with E-state index in [4.69, 9.17) is 4.74 Å². The van der Waals surface area contributed by atoms with Crippen LogP contribution in [-0.2, 0) is 14.3 Å². The molecule has 0 aromatic heterocycles. The molecule has 0 unspecified atom stereocenters. The Morgan fingerprint density at radius 3 is 2.42 bits per heavy atom. The highest BCUT2D eigenvalue weighted by Gasteiger charge is 2.08. The second-order valence-electron chi connectivity index (χ2n) is 2.60. The number of esters is 1. The van der Waals surface area contributed by atoms with Gasteiger partial charge in [0, 0.05) is 14.0 Å². The van der Waals surface area contributed by atoms with Gasteiger partial charge in [-0.25, -0.2) is 0 Å². The van der Waals surface area contributed by atoms with Gasteiger partial charge in [-0.1, -0.05) is 6.92 Å². The zero-order valence-electron chi connectivity index (χ0n) is 7.79. The monoisotopic (exact) mass is 173 g/mol. The third kappa shape index (κ3) is 4.71. The van der Waals surface area contributed by atoms with Crippen molar-refractivity contribution in [3.63, 3.8) is 0 Å². The van der Waals surface area contributed by atoms with Gasteiger partial charge in [0.1, 0.15) is 6.54 Å². The van der Waals surface area contributed by atoms with Crippen molar-refractivity contribution in [3.8, 4) is 0 Å². The summed E-state index contributed by atoms with van der Waals surface area (Å²) in [7, 11) is 1.57. The van der Waals surface area contributed by atoms with Crippen molar-refractivity contribution in [2.24, 2.45) is 0 Å². The molecule has 4 nitrogen and oxygen atoms in total. The van der Waals surface area contributed by atoms with Gasteiger partial charge in [-0.15, -0.1) is 0 Å². The highest BCUT2D eigenvalue weighted by atomic mass is 16.5. The van der Waals surface area contributed by atoms with E-state index in [2.05, 4.69) is 0 Å². The lowest BCUT2D eigenvalue weighted by Gasteiger charge is -2.13. The third-order valence-corrected chi connectivity index (χ3v) is 1.37. The number of rotatable bonds is 4. The number of ether oxygens (including phenoxy) is 1. The molecule has 0 radical (unpaired) electrons. The van der Waals surface area contributed by atoms with Crippen molar-refractivity contribution >= 4 is 11.9 Å². The van der Waals surface area contributed by atoms with Crippen LogP contribution in [0.5, 0.6) is 0 Å². The first-order valence-corrected chi connectivity index (χ1v) is 3.95. The van der Waals surface area contributed by atoms with Crippen molar-refractivity contribution in [1.29, 1.82) is 0 Å². The standard InChI is InChI=1S/C8H15NO3/c1-4-5-12-8(11)6-9(3)7(2)10/h4-6H2,1-3H3. The molecular formula is C8H15NO3. The molecule has 12 heavy (non-hydrogen) atoms. The molecule has 0 aliphatic rings. The summed E-state index contributed by atoms with van der Waals surface area (Å²) in [6, 6.07) is 0. The van der Waals surface area contributed by atoms with Gasteiger partial charge in [-0.05, 0) is 6.42 Å². The normalized spacial score (nSPS) is 9.25. The number of amides is 1. The van der Waals surface area contributed by atoms with Gasteiger partial charge in [0.15, 0.2) is 0 Å². The summed E-state index contributed by atoms with van der Waals surface area (Å²) in [6.07, 6.45) is 0.801. The van der Waals surface area contributed by atoms with Crippen molar-refractivity contribution < 1.29 is 14.3 Å². The summed E-state index contributed by atoms with van der Waals surface area (Å²) < 4.78 is 4.78. The molecular weight excluding hydrogens is 158 g/mol. The molecule has 0 aromatic carbocycles. The maximum absolute atomic E-state index is 10.9. The van der Waals surface area contributed by atoms with Crippen LogP contribution in [0.4, 0.5) is 0 Å². The molecule has 0 saturated carbocycles. The zero-order chi connectivity index (χ0) is 9.56. The molecule has 0 rings (SSSR count). The fourth-order valence-corrected chi connectivity index (χ4v) is 0.567. The number of nitrogens with zero attached hydrogens (tertiary/aromatic N) is 1. The molecule has 0 saturated heterocycles. The first-order chi connectivity index (χ1) is 5.57. The van der Waals surface area contributed by atoms with Gasteiger partial charge in [0.05, 0.1) is 6.61 Å². The van der Waals surface area contributed by atoms with Gasteiger partial charge in [-0.2, -0.15) is 0 Å². The minimum Gasteiger partial charge on any atom is -0.464 e. The van der Waals surface area contributed by atoms with Crippen LogP contribution in [0.25, 0.3) is 0 Å². The Labute approximate surface area is 72.5 Å². The number of hydrogen-bond acceptors (Lipinski definition) is 3. The predicted molar refractivity (Wildman–Crippen MR) is 44.6 cm³/mol. The molecule has 0 aliphatic carbocycles. The maximum Gasteiger partial charge on any atom is 0.325 e. The Morgan fingerprint density at radius 1 is 1.42 bits per heavy atom. The Balaban J connectivity index is 3.61. The van der Waals surface area contributed by atoms with Crippen molar-refractivity contribution in [1.82, 2.24) is 4.90 Å². The van der Waals surface area contributed by atoms with Crippen molar-refractivity contribution in [3.05, 3.63) is 0 Å². The smallest absolute Gasteiger partial charge is 0.325 e. The van der Waals surface area contributed by atoms with Crippen LogP contribution in [0.3, 0.4) is 0 Å². The first-order valence-electron chi connectivity index (χ1n) is 3.95. The molecule has 0 aromatic rings. The molecule has 0 N–H and O–H groups in total. The van der Waals surface area contributed by atoms with Crippen LogP contribution in [0.2, 0.25) is 0 Å². The van der Waals surface area contributed by atoms with Crippen LogP contribution in [0, 0.1) is 0 Å². The van der Waals surface area contributed by atoms with Gasteiger partial charge in [0.2, 0.25) is 5.91 Å². The Morgan fingerprint density at radius 2 is 2.00 bits per heavy atom. The first kappa shape index (κ1) is 10.9. The lowest BCUT2D eigenvalue weighted by Crippen LogP contribution is -2.31. The van der Waals surface area contributed by atoms with E-state index in [1.165, 1.54) is 11.8 Å². The predicted octanol–water partition coefficient (Wildman–Crippen LogP) is 0.418. The largest absolute Gasteiger partial charge is 0.464 e. The van der Waals surface area contributed by atoms with Gasteiger partial charge in [-0.3, -0.25) is 9.59 Å². The zero-order valence-corrected chi connectivity index (χ0v) is 7.79. The van der Waals surface area contributed by atoms with Crippen LogP contribution >= 0.6 is 0 Å². The van der Waals surface area contributed by atoms with E-state index in [0.717, 1.165) is 6.42 Å². The van der Waals surface area contributed by atoms with Crippen molar-refractivity contribution in [2.45, 2.75) is 20.3 Å². The van der Waals surface area contributed by atoms with Crippen LogP contribution < -0.4 is 0 Å². The molecule has 0 bridgehead atoms. The SMILES string of the molecule is CCCOC(=O)CN(C)C(C)=O. The maximum atomic E-state index is 10.9. The van der Waals surface area contributed by atoms with Crippen LogP contribution in [0.15, 0.2) is 0 Å². The van der Waals surface area contributed by atoms with E-state index in [1.807, 2.05) is 6.92 Å². The molecule has 0 fully saturated rings. The average molecular weight is 173 g/mol. The molecule has 0 spiro atoms. The number of carbonyl (C=O) groups is 2. The molecule has 0 heterocycles. The van der Waals surface area contributed by atoms with Crippen molar-refractivity contribution in [2.75, 3.05) is 20.2 Å². The molecule has 4 heteroatoms. The fourth-order valence-electron chi connectivity index (χ4n) is 0.567. The summed E-state index contributed by atoms with van der Waals surface area (Å²) in [5, 5.41) is 0. The van der Waals surface area contributed by atoms with E-state index in [0.29, 0.717) is 6.61 Å². The molecule has 70 valence electrons. The summed E-state index contributed by atoms with van der Waals surface area (Å²) in [5.74, 6) is -0.488. The van der Waals surface area contributed by atoms with Gasteiger partial charge < -0.3 is 9.64 Å². The Kier molecular flexibility index (Phi) is 5.08. The van der Waals surface area contributed by atoms with Crippen LogP contribution in [-0.4, -0.2) is 37.0 Å². The summed E-state index contributed by atoms with van der Waals surface area (Å²) >= 11 is 0. The lowest BCUT2D eigenvalue weighted by atomic mass is 10.5. The average Bonchev–Trinajstić information content (AvgIpc) is 2.00. The Bertz CT molecular complexity index is 168. The van der Waals surface area contributed by atoms with E-state index >= 15 is 0 Å². The van der Waals surface area contributed by atoms with E-state index in [1.54, 1.807) is 7.05 Å². The number of likely N-dealkylation sites (N-methyl/N-ethyl adjacent to an activating group) is 1. The molecule has 1 amide bonds. The summed E-state index contributed by atoms with van der Waals surface area (Å²) in [6.45, 7) is 3.79. The van der Waals surface area contributed by atoms with E-state index in [9.17, 15) is 9.59 Å². The quantitative estimate of drug-likeness (QED) is 0.579. The minimum atomic E-state index is -0.352. The second kappa shape index (κ2) is 5.57. The number of carbonyl (C=O) groups excluding carboxylic acids is 2. The van der Waals surface area contributed by atoms with Gasteiger partial charge >= 0.3 is 5.97 Å². The molecule has 0 atom stereocenters. The lowest BCUT2D eigenvalue weighted by molar-refractivity contribution is -0.148. The summed E-state index contributed by atoms with van der Waals surface area (Å²) in [5.41, 5.74) is 0. The number of hydrogen-bond donors (Lipinski definition) is 0. The summed E-state index contributed by atoms with van der Waals surface area (Å²) in [4.78, 5) is 22.9. The second-order valence-corrected chi connectivity index (χ2v) is 2.60. The highest BCUT2D eigenvalue weighted by molar-refractivity contribution is 5.80. The topological polar surface area (TPSA) is 46.6 Å². The Hall–Kier alpha value is -1.06. The van der Waals surface area contributed by atoms with E-state index < -0.39 is 0 Å². The van der Waals surface area contributed by atoms with Crippen LogP contribution in [0.1, 0.15) is 20.3 Å². The minimum absolute atomic E-state index is 0.0370.